The fraction of sp³-hybridized carbons (Fsp3) is 0.308. The fourth-order valence-electron chi connectivity index (χ4n) is 1.89. The number of aromatic nitrogens is 1. The molecular weight excluding hydrogens is 232 g/mol. The van der Waals surface area contributed by atoms with Crippen LogP contribution in [0.15, 0.2) is 24.3 Å². The van der Waals surface area contributed by atoms with E-state index in [1.165, 1.54) is 11.8 Å². The number of amides is 1. The van der Waals surface area contributed by atoms with Crippen molar-refractivity contribution in [3.05, 3.63) is 35.7 Å². The van der Waals surface area contributed by atoms with Gasteiger partial charge in [0.25, 0.3) is 0 Å². The first-order valence-electron chi connectivity index (χ1n) is 5.73. The predicted octanol–water partition coefficient (Wildman–Crippen LogP) is 2.05. The van der Waals surface area contributed by atoms with Crippen LogP contribution in [-0.4, -0.2) is 40.0 Å². The summed E-state index contributed by atoms with van der Waals surface area (Å²) in [6.45, 7) is 2.32. The number of carbonyl (C=O) groups is 2. The quantitative estimate of drug-likeness (QED) is 0.811. The molecule has 0 bridgehead atoms. The molecule has 5 heteroatoms. The molecule has 94 valence electrons. The summed E-state index contributed by atoms with van der Waals surface area (Å²) in [5.74, 6) is -0.0691. The van der Waals surface area contributed by atoms with Gasteiger partial charge in [0.15, 0.2) is 5.78 Å². The molecule has 2 heterocycles. The van der Waals surface area contributed by atoms with Gasteiger partial charge in [-0.2, -0.15) is 0 Å². The molecule has 0 radical (unpaired) electrons. The lowest BCUT2D eigenvalue weighted by atomic mass is 10.0. The van der Waals surface area contributed by atoms with E-state index in [4.69, 9.17) is 5.11 Å². The molecule has 2 rings (SSSR count). The van der Waals surface area contributed by atoms with Crippen molar-refractivity contribution in [3.63, 3.8) is 0 Å². The molecule has 0 saturated carbocycles. The Balaban J connectivity index is 2.20. The van der Waals surface area contributed by atoms with E-state index in [1.807, 2.05) is 12.1 Å². The molecule has 1 aliphatic rings. The Kier molecular flexibility index (Phi) is 3.41. The number of ketones is 1. The topological polar surface area (TPSA) is 70.5 Å². The molecule has 0 fully saturated rings. The highest BCUT2D eigenvalue weighted by atomic mass is 16.4. The van der Waals surface area contributed by atoms with E-state index in [9.17, 15) is 9.59 Å². The first kappa shape index (κ1) is 12.3. The minimum atomic E-state index is -0.907. The maximum atomic E-state index is 11.3. The van der Waals surface area contributed by atoms with Gasteiger partial charge in [-0.05, 0) is 24.1 Å². The van der Waals surface area contributed by atoms with Crippen LogP contribution in [0.3, 0.4) is 0 Å². The van der Waals surface area contributed by atoms with E-state index < -0.39 is 6.09 Å². The SMILES string of the molecule is CC(=O)c1cccc(C2=CCN(C(=O)O)CC2)n1. The van der Waals surface area contributed by atoms with Crippen LogP contribution in [0.4, 0.5) is 4.79 Å². The Morgan fingerprint density at radius 3 is 2.72 bits per heavy atom. The van der Waals surface area contributed by atoms with Gasteiger partial charge >= 0.3 is 6.09 Å². The first-order valence-corrected chi connectivity index (χ1v) is 5.73. The van der Waals surface area contributed by atoms with Gasteiger partial charge in [-0.3, -0.25) is 4.79 Å². The number of hydrogen-bond donors (Lipinski definition) is 1. The molecule has 0 unspecified atom stereocenters. The van der Waals surface area contributed by atoms with Crippen LogP contribution < -0.4 is 0 Å². The normalized spacial score (nSPS) is 15.2. The summed E-state index contributed by atoms with van der Waals surface area (Å²) in [6.07, 6.45) is 1.57. The Hall–Kier alpha value is -2.17. The van der Waals surface area contributed by atoms with Crippen molar-refractivity contribution in [2.45, 2.75) is 13.3 Å². The number of Topliss-reactive ketones (excluding diaryl/α,β-unsaturated/α-hetero) is 1. The molecule has 18 heavy (non-hydrogen) atoms. The molecule has 1 aromatic rings. The average Bonchev–Trinajstić information content (AvgIpc) is 2.39. The summed E-state index contributed by atoms with van der Waals surface area (Å²) >= 11 is 0. The zero-order chi connectivity index (χ0) is 13.1. The van der Waals surface area contributed by atoms with E-state index in [1.54, 1.807) is 12.1 Å². The van der Waals surface area contributed by atoms with Crippen LogP contribution in [0.1, 0.15) is 29.5 Å². The zero-order valence-electron chi connectivity index (χ0n) is 10.1. The minimum absolute atomic E-state index is 0.0691. The molecule has 0 aliphatic carbocycles. The third-order valence-corrected chi connectivity index (χ3v) is 2.92. The van der Waals surface area contributed by atoms with Crippen molar-refractivity contribution >= 4 is 17.4 Å². The van der Waals surface area contributed by atoms with E-state index in [2.05, 4.69) is 4.98 Å². The Bertz CT molecular complexity index is 523. The van der Waals surface area contributed by atoms with Crippen molar-refractivity contribution in [3.8, 4) is 0 Å². The van der Waals surface area contributed by atoms with Gasteiger partial charge in [-0.1, -0.05) is 12.1 Å². The Labute approximate surface area is 105 Å². The maximum Gasteiger partial charge on any atom is 0.407 e. The molecule has 1 amide bonds. The van der Waals surface area contributed by atoms with E-state index in [-0.39, 0.29) is 5.78 Å². The average molecular weight is 246 g/mol. The standard InChI is InChI=1S/C13H14N2O3/c1-9(16)11-3-2-4-12(14-11)10-5-7-15(8-6-10)13(17)18/h2-5H,6-8H2,1H3,(H,17,18). The predicted molar refractivity (Wildman–Crippen MR) is 66.4 cm³/mol. The third kappa shape index (κ3) is 2.56. The van der Waals surface area contributed by atoms with Gasteiger partial charge < -0.3 is 10.0 Å². The van der Waals surface area contributed by atoms with Crippen molar-refractivity contribution < 1.29 is 14.7 Å². The van der Waals surface area contributed by atoms with Gasteiger partial charge in [0, 0.05) is 20.0 Å². The van der Waals surface area contributed by atoms with Crippen LogP contribution in [0.25, 0.3) is 5.57 Å². The number of pyridine rings is 1. The van der Waals surface area contributed by atoms with E-state index in [0.717, 1.165) is 11.3 Å². The van der Waals surface area contributed by atoms with Crippen LogP contribution in [0, 0.1) is 0 Å². The minimum Gasteiger partial charge on any atom is -0.465 e. The fourth-order valence-corrected chi connectivity index (χ4v) is 1.89. The van der Waals surface area contributed by atoms with E-state index in [0.29, 0.717) is 25.2 Å². The van der Waals surface area contributed by atoms with Crippen molar-refractivity contribution in [2.24, 2.45) is 0 Å². The summed E-state index contributed by atoms with van der Waals surface area (Å²) < 4.78 is 0. The number of carbonyl (C=O) groups excluding carboxylic acids is 1. The molecule has 5 nitrogen and oxygen atoms in total. The monoisotopic (exact) mass is 246 g/mol. The highest BCUT2D eigenvalue weighted by molar-refractivity contribution is 5.92. The Morgan fingerprint density at radius 2 is 2.17 bits per heavy atom. The number of rotatable bonds is 2. The molecule has 0 spiro atoms. The second-order valence-corrected chi connectivity index (χ2v) is 4.17. The summed E-state index contributed by atoms with van der Waals surface area (Å²) in [4.78, 5) is 27.7. The molecule has 0 saturated heterocycles. The summed E-state index contributed by atoms with van der Waals surface area (Å²) in [6, 6.07) is 5.32. The summed E-state index contributed by atoms with van der Waals surface area (Å²) in [5, 5.41) is 8.85. The Morgan fingerprint density at radius 1 is 1.39 bits per heavy atom. The second-order valence-electron chi connectivity index (χ2n) is 4.17. The lowest BCUT2D eigenvalue weighted by molar-refractivity contribution is 0.101. The van der Waals surface area contributed by atoms with Gasteiger partial charge in [0.1, 0.15) is 5.69 Å². The first-order chi connectivity index (χ1) is 8.58. The van der Waals surface area contributed by atoms with Crippen molar-refractivity contribution in [2.75, 3.05) is 13.1 Å². The van der Waals surface area contributed by atoms with Gasteiger partial charge in [0.2, 0.25) is 0 Å². The zero-order valence-corrected chi connectivity index (χ0v) is 10.1. The molecule has 0 aromatic carbocycles. The summed E-state index contributed by atoms with van der Waals surface area (Å²) in [7, 11) is 0. The van der Waals surface area contributed by atoms with Crippen LogP contribution in [0.2, 0.25) is 0 Å². The molecule has 1 N–H and O–H groups in total. The van der Waals surface area contributed by atoms with Crippen LogP contribution >= 0.6 is 0 Å². The second kappa shape index (κ2) is 5.00. The maximum absolute atomic E-state index is 11.3. The number of carboxylic acid groups (broad SMARTS) is 1. The highest BCUT2D eigenvalue weighted by Gasteiger charge is 2.17. The third-order valence-electron chi connectivity index (χ3n) is 2.92. The number of nitrogens with zero attached hydrogens (tertiary/aromatic N) is 2. The molecule has 1 aromatic heterocycles. The smallest absolute Gasteiger partial charge is 0.407 e. The molecule has 0 atom stereocenters. The van der Waals surface area contributed by atoms with Crippen LogP contribution in [0.5, 0.6) is 0 Å². The van der Waals surface area contributed by atoms with Gasteiger partial charge in [-0.25, -0.2) is 9.78 Å². The number of hydrogen-bond acceptors (Lipinski definition) is 3. The van der Waals surface area contributed by atoms with Crippen LogP contribution in [-0.2, 0) is 0 Å². The van der Waals surface area contributed by atoms with Crippen molar-refractivity contribution in [1.29, 1.82) is 0 Å². The lowest BCUT2D eigenvalue weighted by Gasteiger charge is -2.23. The van der Waals surface area contributed by atoms with Crippen molar-refractivity contribution in [1.82, 2.24) is 9.88 Å². The highest BCUT2D eigenvalue weighted by Crippen LogP contribution is 2.21. The van der Waals surface area contributed by atoms with Gasteiger partial charge in [-0.15, -0.1) is 0 Å². The molecule has 1 aliphatic heterocycles. The molecular formula is C13H14N2O3. The largest absolute Gasteiger partial charge is 0.465 e. The lowest BCUT2D eigenvalue weighted by Crippen LogP contribution is -2.33. The summed E-state index contributed by atoms with van der Waals surface area (Å²) in [5.41, 5.74) is 2.19. The van der Waals surface area contributed by atoms with E-state index >= 15 is 0 Å². The van der Waals surface area contributed by atoms with Gasteiger partial charge in [0.05, 0.1) is 5.69 Å².